The van der Waals surface area contributed by atoms with E-state index in [1.165, 1.54) is 0 Å². The summed E-state index contributed by atoms with van der Waals surface area (Å²) < 4.78 is 4.93. The number of carbonyl (C=O) groups excluding carboxylic acids is 1. The van der Waals surface area contributed by atoms with Gasteiger partial charge in [-0.2, -0.15) is 0 Å². The molecule has 0 rings (SSSR count). The van der Waals surface area contributed by atoms with Crippen LogP contribution in [0.25, 0.3) is 0 Å². The quantitative estimate of drug-likeness (QED) is 0.593. The Morgan fingerprint density at radius 1 is 1.33 bits per heavy atom. The van der Waals surface area contributed by atoms with Crippen molar-refractivity contribution in [2.75, 3.05) is 20.3 Å². The highest BCUT2D eigenvalue weighted by atomic mass is 16.5. The third-order valence-electron chi connectivity index (χ3n) is 2.35. The summed E-state index contributed by atoms with van der Waals surface area (Å²) in [4.78, 5) is 11.4. The molecule has 0 spiro atoms. The number of hydrogen-bond donors (Lipinski definition) is 2. The Kier molecular flexibility index (Phi) is 8.33. The highest BCUT2D eigenvalue weighted by molar-refractivity contribution is 5.81. The number of methoxy groups -OCH3 is 1. The zero-order chi connectivity index (χ0) is 11.7. The first-order chi connectivity index (χ1) is 7.09. The number of carbonyl (C=O) groups is 1. The molecule has 0 saturated heterocycles. The molecule has 0 saturated carbocycles. The number of unbranched alkanes of at least 4 members (excludes halogenated alkanes) is 2. The van der Waals surface area contributed by atoms with Gasteiger partial charge in [-0.15, -0.1) is 0 Å². The fraction of sp³-hybridized carbons (Fsp3) is 0.909. The second-order valence-electron chi connectivity index (χ2n) is 4.11. The van der Waals surface area contributed by atoms with Gasteiger partial charge >= 0.3 is 0 Å². The summed E-state index contributed by atoms with van der Waals surface area (Å²) in [6.07, 6.45) is 3.10. The Balaban J connectivity index is 3.39. The average Bonchev–Trinajstić information content (AvgIpc) is 2.21. The van der Waals surface area contributed by atoms with Crippen molar-refractivity contribution in [2.24, 2.45) is 11.7 Å². The summed E-state index contributed by atoms with van der Waals surface area (Å²) in [5.74, 6) is 0.148. The minimum atomic E-state index is -0.385. The molecule has 1 amide bonds. The summed E-state index contributed by atoms with van der Waals surface area (Å²) in [6, 6.07) is -0.385. The van der Waals surface area contributed by atoms with Gasteiger partial charge in [-0.25, -0.2) is 0 Å². The van der Waals surface area contributed by atoms with Crippen LogP contribution in [-0.2, 0) is 9.53 Å². The van der Waals surface area contributed by atoms with Crippen molar-refractivity contribution in [3.05, 3.63) is 0 Å². The van der Waals surface area contributed by atoms with Crippen LogP contribution in [-0.4, -0.2) is 32.2 Å². The highest BCUT2D eigenvalue weighted by Gasteiger charge is 2.15. The first kappa shape index (κ1) is 14.4. The summed E-state index contributed by atoms with van der Waals surface area (Å²) in [6.45, 7) is 5.40. The molecule has 0 aliphatic heterocycles. The van der Waals surface area contributed by atoms with Crippen molar-refractivity contribution >= 4 is 5.91 Å². The minimum Gasteiger partial charge on any atom is -0.385 e. The predicted molar refractivity (Wildman–Crippen MR) is 61.6 cm³/mol. The van der Waals surface area contributed by atoms with Crippen LogP contribution in [0, 0.1) is 5.92 Å². The highest BCUT2D eigenvalue weighted by Crippen LogP contribution is 1.98. The van der Waals surface area contributed by atoms with Gasteiger partial charge in [0.05, 0.1) is 6.04 Å². The lowest BCUT2D eigenvalue weighted by molar-refractivity contribution is -0.123. The molecule has 90 valence electrons. The van der Waals surface area contributed by atoms with Gasteiger partial charge in [0.2, 0.25) is 5.91 Å². The standard InChI is InChI=1S/C11H24N2O2/c1-9(2)10(12)11(14)13-7-5-4-6-8-15-3/h9-10H,4-8,12H2,1-3H3,(H,13,14)/t10-/m0/s1. The second-order valence-corrected chi connectivity index (χ2v) is 4.11. The van der Waals surface area contributed by atoms with Crippen molar-refractivity contribution < 1.29 is 9.53 Å². The first-order valence-corrected chi connectivity index (χ1v) is 5.61. The van der Waals surface area contributed by atoms with Crippen LogP contribution >= 0.6 is 0 Å². The van der Waals surface area contributed by atoms with Crippen molar-refractivity contribution in [3.63, 3.8) is 0 Å². The Labute approximate surface area is 92.6 Å². The summed E-state index contributed by atoms with van der Waals surface area (Å²) in [5.41, 5.74) is 5.69. The Morgan fingerprint density at radius 2 is 2.00 bits per heavy atom. The molecule has 0 aromatic carbocycles. The lowest BCUT2D eigenvalue weighted by atomic mass is 10.1. The first-order valence-electron chi connectivity index (χ1n) is 5.61. The Hall–Kier alpha value is -0.610. The van der Waals surface area contributed by atoms with Gasteiger partial charge in [0.1, 0.15) is 0 Å². The fourth-order valence-corrected chi connectivity index (χ4v) is 1.18. The molecule has 0 heterocycles. The topological polar surface area (TPSA) is 64.3 Å². The van der Waals surface area contributed by atoms with Gasteiger partial charge in [0.25, 0.3) is 0 Å². The molecule has 1 atom stereocenters. The monoisotopic (exact) mass is 216 g/mol. The number of amides is 1. The van der Waals surface area contributed by atoms with Crippen LogP contribution in [0.5, 0.6) is 0 Å². The lowest BCUT2D eigenvalue weighted by Crippen LogP contribution is -2.44. The molecule has 0 aliphatic carbocycles. The van der Waals surface area contributed by atoms with E-state index in [4.69, 9.17) is 10.5 Å². The van der Waals surface area contributed by atoms with E-state index in [1.54, 1.807) is 7.11 Å². The van der Waals surface area contributed by atoms with Crippen molar-refractivity contribution in [1.29, 1.82) is 0 Å². The normalized spacial score (nSPS) is 12.9. The van der Waals surface area contributed by atoms with Crippen LogP contribution in [0.1, 0.15) is 33.1 Å². The van der Waals surface area contributed by atoms with E-state index in [0.717, 1.165) is 25.9 Å². The van der Waals surface area contributed by atoms with Gasteiger partial charge in [-0.3, -0.25) is 4.79 Å². The minimum absolute atomic E-state index is 0.0447. The maximum Gasteiger partial charge on any atom is 0.237 e. The Bertz CT molecular complexity index is 172. The number of nitrogens with one attached hydrogen (secondary N) is 1. The van der Waals surface area contributed by atoms with Gasteiger partial charge in [-0.05, 0) is 25.2 Å². The third-order valence-corrected chi connectivity index (χ3v) is 2.35. The smallest absolute Gasteiger partial charge is 0.237 e. The van der Waals surface area contributed by atoms with Crippen molar-refractivity contribution in [3.8, 4) is 0 Å². The molecule has 0 radical (unpaired) electrons. The summed E-state index contributed by atoms with van der Waals surface area (Å²) >= 11 is 0. The molecule has 3 N–H and O–H groups in total. The zero-order valence-electron chi connectivity index (χ0n) is 10.1. The number of nitrogens with two attached hydrogens (primary N) is 1. The van der Waals surface area contributed by atoms with E-state index in [2.05, 4.69) is 5.32 Å². The maximum atomic E-state index is 11.4. The van der Waals surface area contributed by atoms with E-state index in [0.29, 0.717) is 6.54 Å². The van der Waals surface area contributed by atoms with Crippen LogP contribution in [0.2, 0.25) is 0 Å². The number of ether oxygens (including phenoxy) is 1. The van der Waals surface area contributed by atoms with E-state index in [9.17, 15) is 4.79 Å². The van der Waals surface area contributed by atoms with Crippen molar-refractivity contribution in [2.45, 2.75) is 39.2 Å². The van der Waals surface area contributed by atoms with Crippen molar-refractivity contribution in [1.82, 2.24) is 5.32 Å². The summed E-state index contributed by atoms with van der Waals surface area (Å²) in [5, 5.41) is 2.84. The van der Waals surface area contributed by atoms with E-state index >= 15 is 0 Å². The molecular formula is C11H24N2O2. The predicted octanol–water partition coefficient (Wildman–Crippen LogP) is 0.903. The SMILES string of the molecule is COCCCCCNC(=O)[C@@H](N)C(C)C. The van der Waals surface area contributed by atoms with E-state index in [1.807, 2.05) is 13.8 Å². The molecule has 15 heavy (non-hydrogen) atoms. The molecule has 0 bridgehead atoms. The lowest BCUT2D eigenvalue weighted by Gasteiger charge is -2.15. The van der Waals surface area contributed by atoms with E-state index < -0.39 is 0 Å². The van der Waals surface area contributed by atoms with E-state index in [-0.39, 0.29) is 17.9 Å². The van der Waals surface area contributed by atoms with Gasteiger partial charge < -0.3 is 15.8 Å². The zero-order valence-corrected chi connectivity index (χ0v) is 10.1. The van der Waals surface area contributed by atoms with Gasteiger partial charge in [0, 0.05) is 20.3 Å². The molecule has 0 aromatic heterocycles. The summed E-state index contributed by atoms with van der Waals surface area (Å²) in [7, 11) is 1.70. The third kappa shape index (κ3) is 7.33. The van der Waals surface area contributed by atoms with Crippen LogP contribution < -0.4 is 11.1 Å². The fourth-order valence-electron chi connectivity index (χ4n) is 1.18. The molecule has 0 aliphatic rings. The van der Waals surface area contributed by atoms with Gasteiger partial charge in [-0.1, -0.05) is 13.8 Å². The maximum absolute atomic E-state index is 11.4. The molecule has 0 unspecified atom stereocenters. The molecule has 0 fully saturated rings. The number of hydrogen-bond acceptors (Lipinski definition) is 3. The Morgan fingerprint density at radius 3 is 2.53 bits per heavy atom. The largest absolute Gasteiger partial charge is 0.385 e. The van der Waals surface area contributed by atoms with Crippen LogP contribution in [0.4, 0.5) is 0 Å². The number of rotatable bonds is 8. The van der Waals surface area contributed by atoms with Gasteiger partial charge in [0.15, 0.2) is 0 Å². The van der Waals surface area contributed by atoms with Crippen LogP contribution in [0.15, 0.2) is 0 Å². The molecule has 4 nitrogen and oxygen atoms in total. The molecular weight excluding hydrogens is 192 g/mol. The van der Waals surface area contributed by atoms with Crippen LogP contribution in [0.3, 0.4) is 0 Å². The molecule has 0 aromatic rings. The second kappa shape index (κ2) is 8.68. The average molecular weight is 216 g/mol. The molecule has 4 heteroatoms.